The molecule has 0 aromatic rings. The SMILES string of the molecule is N.O=COC=O.[CaH2].[KH]. The normalized spacial score (nSPS) is 3.50. The molecule has 0 saturated heterocycles. The van der Waals surface area contributed by atoms with Crippen molar-refractivity contribution in [1.82, 2.24) is 6.15 Å². The van der Waals surface area contributed by atoms with Crippen LogP contribution < -0.4 is 6.15 Å². The van der Waals surface area contributed by atoms with E-state index in [-0.39, 0.29) is 108 Å². The quantitative estimate of drug-likeness (QED) is 0.295. The molecule has 8 heavy (non-hydrogen) atoms. The fourth-order valence-electron chi connectivity index (χ4n) is 0.0227. The number of rotatable bonds is 2. The van der Waals surface area contributed by atoms with Crippen molar-refractivity contribution in [2.45, 2.75) is 0 Å². The van der Waals surface area contributed by atoms with Gasteiger partial charge in [0.1, 0.15) is 0 Å². The fourth-order valence-corrected chi connectivity index (χ4v) is 0.0227. The van der Waals surface area contributed by atoms with Crippen LogP contribution in [0.25, 0.3) is 0 Å². The van der Waals surface area contributed by atoms with Crippen LogP contribution in [0.4, 0.5) is 0 Å². The van der Waals surface area contributed by atoms with Crippen LogP contribution in [0.3, 0.4) is 0 Å². The molecule has 0 spiro atoms. The van der Waals surface area contributed by atoms with Crippen molar-refractivity contribution in [3.63, 3.8) is 0 Å². The molecule has 3 N–H and O–H groups in total. The zero-order valence-electron chi connectivity index (χ0n) is 3.09. The van der Waals surface area contributed by atoms with Gasteiger partial charge in [-0.25, -0.2) is 0 Å². The average Bonchev–Trinajstić information content (AvgIpc) is 1.41. The molecule has 4 nitrogen and oxygen atoms in total. The molecule has 0 heterocycles. The van der Waals surface area contributed by atoms with Crippen LogP contribution in [0, 0.1) is 0 Å². The molecule has 0 unspecified atom stereocenters. The van der Waals surface area contributed by atoms with E-state index >= 15 is 0 Å². The Morgan fingerprint density at radius 2 is 1.38 bits per heavy atom. The van der Waals surface area contributed by atoms with Crippen LogP contribution in [0.2, 0.25) is 0 Å². The van der Waals surface area contributed by atoms with E-state index in [1.165, 1.54) is 0 Å². The van der Waals surface area contributed by atoms with Gasteiger partial charge < -0.3 is 10.9 Å². The molecule has 0 rings (SSSR count). The van der Waals surface area contributed by atoms with Crippen molar-refractivity contribution in [3.05, 3.63) is 0 Å². The first-order valence-electron chi connectivity index (χ1n) is 0.943. The molecular weight excluding hydrogens is 165 g/mol. The minimum absolute atomic E-state index is 0. The van der Waals surface area contributed by atoms with E-state index in [1.54, 1.807) is 0 Å². The predicted molar refractivity (Wildman–Crippen MR) is 33.9 cm³/mol. The first-order chi connectivity index (χ1) is 2.41. The van der Waals surface area contributed by atoms with Crippen LogP contribution in [0.15, 0.2) is 0 Å². The average molecular weight is 173 g/mol. The molecule has 0 atom stereocenters. The number of carbonyl (C=O) groups is 2. The van der Waals surface area contributed by atoms with Gasteiger partial charge in [-0.2, -0.15) is 0 Å². The Bertz CT molecular complexity index is 46.5. The summed E-state index contributed by atoms with van der Waals surface area (Å²) in [6, 6.07) is 0. The van der Waals surface area contributed by atoms with Gasteiger partial charge in [-0.1, -0.05) is 0 Å². The third-order valence-electron chi connectivity index (χ3n) is 0.111. The van der Waals surface area contributed by atoms with Crippen molar-refractivity contribution >= 4 is 102 Å². The van der Waals surface area contributed by atoms with E-state index in [2.05, 4.69) is 4.74 Å². The third kappa shape index (κ3) is 24.5. The van der Waals surface area contributed by atoms with Crippen LogP contribution >= 0.6 is 0 Å². The van der Waals surface area contributed by atoms with Crippen molar-refractivity contribution < 1.29 is 14.3 Å². The maximum atomic E-state index is 8.95. The molecule has 6 heteroatoms. The van der Waals surface area contributed by atoms with Gasteiger partial charge in [0, 0.05) is 0 Å². The number of hydrogen-bond donors (Lipinski definition) is 1. The van der Waals surface area contributed by atoms with Crippen molar-refractivity contribution in [2.24, 2.45) is 0 Å². The third-order valence-corrected chi connectivity index (χ3v) is 0.111. The summed E-state index contributed by atoms with van der Waals surface area (Å²) in [6.45, 7) is 0.125. The summed E-state index contributed by atoms with van der Waals surface area (Å²) in [4.78, 5) is 17.9. The van der Waals surface area contributed by atoms with Crippen LogP contribution in [-0.4, -0.2) is 102 Å². The van der Waals surface area contributed by atoms with E-state index in [9.17, 15) is 0 Å². The zero-order valence-corrected chi connectivity index (χ0v) is 3.09. The van der Waals surface area contributed by atoms with Gasteiger partial charge >= 0.3 is 102 Å². The van der Waals surface area contributed by atoms with Crippen molar-refractivity contribution in [1.29, 1.82) is 0 Å². The Balaban J connectivity index is -0.0000000267. The standard InChI is InChI=1S/C2H2O3.Ca.K.H3N.3H/c3-1-5-2-4;;;;;;/h1-2H;;;1H3;;;. The topological polar surface area (TPSA) is 78.4 Å². The van der Waals surface area contributed by atoms with Gasteiger partial charge in [-0.3, -0.25) is 9.59 Å². The second-order valence-electron chi connectivity index (χ2n) is 0.329. The Hall–Kier alpha value is 2.00. The fraction of sp³-hybridized carbons (Fsp3) is 0. The Morgan fingerprint density at radius 1 is 1.12 bits per heavy atom. The monoisotopic (exact) mass is 173 g/mol. The molecule has 0 aromatic carbocycles. The van der Waals surface area contributed by atoms with Crippen LogP contribution in [0.5, 0.6) is 0 Å². The second kappa shape index (κ2) is 23.0. The molecular formula is C2H8CaKNO3. The summed E-state index contributed by atoms with van der Waals surface area (Å²) in [7, 11) is 0. The van der Waals surface area contributed by atoms with Crippen molar-refractivity contribution in [2.75, 3.05) is 0 Å². The molecule has 0 aliphatic heterocycles. The molecule has 42 valence electrons. The summed E-state index contributed by atoms with van der Waals surface area (Å²) in [5.74, 6) is 0. The van der Waals surface area contributed by atoms with Gasteiger partial charge in [-0.05, 0) is 0 Å². The number of hydrogen-bond acceptors (Lipinski definition) is 4. The first-order valence-corrected chi connectivity index (χ1v) is 0.943. The maximum absolute atomic E-state index is 8.95. The molecule has 0 aliphatic carbocycles. The van der Waals surface area contributed by atoms with Crippen LogP contribution in [0.1, 0.15) is 0 Å². The number of carbonyl (C=O) groups excluding carboxylic acids is 2. The zero-order chi connectivity index (χ0) is 4.12. The van der Waals surface area contributed by atoms with Gasteiger partial charge in [-0.15, -0.1) is 0 Å². The first kappa shape index (κ1) is 22.5. The van der Waals surface area contributed by atoms with E-state index in [0.29, 0.717) is 0 Å². The molecule has 0 saturated carbocycles. The van der Waals surface area contributed by atoms with Crippen molar-refractivity contribution in [3.8, 4) is 0 Å². The second-order valence-corrected chi connectivity index (χ2v) is 0.329. The van der Waals surface area contributed by atoms with E-state index in [4.69, 9.17) is 9.59 Å². The number of ether oxygens (including phenoxy) is 1. The summed E-state index contributed by atoms with van der Waals surface area (Å²) in [5, 5.41) is 0. The molecule has 0 bridgehead atoms. The summed E-state index contributed by atoms with van der Waals surface area (Å²) >= 11 is 0. The van der Waals surface area contributed by atoms with Crippen LogP contribution in [-0.2, 0) is 14.3 Å². The predicted octanol–water partition coefficient (Wildman–Crippen LogP) is -2.09. The Morgan fingerprint density at radius 3 is 1.38 bits per heavy atom. The van der Waals surface area contributed by atoms with Gasteiger partial charge in [0.15, 0.2) is 0 Å². The molecule has 0 fully saturated rings. The molecule has 0 aromatic heterocycles. The molecule has 0 amide bonds. The molecule has 0 aliphatic rings. The summed E-state index contributed by atoms with van der Waals surface area (Å²) in [6.07, 6.45) is 0. The minimum atomic E-state index is 0. The van der Waals surface area contributed by atoms with E-state index in [1.807, 2.05) is 0 Å². The van der Waals surface area contributed by atoms with E-state index in [0.717, 1.165) is 0 Å². The molecule has 0 radical (unpaired) electrons. The Labute approximate surface area is 120 Å². The summed E-state index contributed by atoms with van der Waals surface area (Å²) < 4.78 is 3.47. The van der Waals surface area contributed by atoms with Gasteiger partial charge in [0.25, 0.3) is 0 Å². The van der Waals surface area contributed by atoms with Gasteiger partial charge in [0.2, 0.25) is 0 Å². The Kier molecular flexibility index (Phi) is 64.8. The van der Waals surface area contributed by atoms with E-state index < -0.39 is 0 Å². The summed E-state index contributed by atoms with van der Waals surface area (Å²) in [5.41, 5.74) is 0. The van der Waals surface area contributed by atoms with Gasteiger partial charge in [0.05, 0.1) is 0 Å².